The van der Waals surface area contributed by atoms with Crippen LogP contribution in [0.15, 0.2) is 0 Å². The zero-order valence-corrected chi connectivity index (χ0v) is 11.8. The van der Waals surface area contributed by atoms with Gasteiger partial charge in [-0.1, -0.05) is 34.1 Å². The van der Waals surface area contributed by atoms with Gasteiger partial charge in [-0.05, 0) is 38.1 Å². The molecule has 0 radical (unpaired) electrons. The number of nitrogens with two attached hydrogens (primary N) is 1. The molecule has 1 aliphatic carbocycles. The monoisotopic (exact) mass is 226 g/mol. The van der Waals surface area contributed by atoms with Crippen molar-refractivity contribution in [2.24, 2.45) is 11.1 Å². The molecule has 1 fully saturated rings. The second kappa shape index (κ2) is 5.50. The van der Waals surface area contributed by atoms with Crippen LogP contribution in [-0.2, 0) is 0 Å². The minimum Gasteiger partial charge on any atom is -0.326 e. The number of hydrogen-bond donors (Lipinski definition) is 1. The van der Waals surface area contributed by atoms with E-state index in [1.807, 2.05) is 0 Å². The molecule has 16 heavy (non-hydrogen) atoms. The molecule has 2 heteroatoms. The molecule has 0 aromatic rings. The summed E-state index contributed by atoms with van der Waals surface area (Å²) >= 11 is 0. The van der Waals surface area contributed by atoms with Crippen molar-refractivity contribution < 1.29 is 0 Å². The average Bonchev–Trinajstić information content (AvgIpc) is 2.23. The average molecular weight is 226 g/mol. The summed E-state index contributed by atoms with van der Waals surface area (Å²) < 4.78 is 0. The summed E-state index contributed by atoms with van der Waals surface area (Å²) in [5.74, 6) is 0. The highest BCUT2D eigenvalue weighted by Gasteiger charge is 2.39. The van der Waals surface area contributed by atoms with Gasteiger partial charge in [0.1, 0.15) is 0 Å². The topological polar surface area (TPSA) is 29.3 Å². The second-order valence-corrected chi connectivity index (χ2v) is 6.11. The number of likely N-dealkylation sites (N-methyl/N-ethyl adjacent to an activating group) is 1. The first-order valence-corrected chi connectivity index (χ1v) is 6.91. The Balaban J connectivity index is 2.71. The third kappa shape index (κ3) is 2.78. The molecule has 2 atom stereocenters. The lowest BCUT2D eigenvalue weighted by molar-refractivity contribution is 0.0553. The summed E-state index contributed by atoms with van der Waals surface area (Å²) in [6.07, 6.45) is 6.35. The zero-order valence-electron chi connectivity index (χ0n) is 11.8. The first kappa shape index (κ1) is 14.0. The fourth-order valence-electron chi connectivity index (χ4n) is 3.23. The van der Waals surface area contributed by atoms with Crippen LogP contribution in [-0.4, -0.2) is 30.1 Å². The predicted octanol–water partition coefficient (Wildman–Crippen LogP) is 3.01. The fourth-order valence-corrected chi connectivity index (χ4v) is 3.23. The van der Waals surface area contributed by atoms with Crippen LogP contribution in [0.2, 0.25) is 0 Å². The normalized spacial score (nSPS) is 30.0. The molecule has 0 aromatic heterocycles. The first-order chi connectivity index (χ1) is 7.44. The Morgan fingerprint density at radius 3 is 2.38 bits per heavy atom. The molecule has 96 valence electrons. The molecule has 1 aliphatic rings. The van der Waals surface area contributed by atoms with E-state index in [1.165, 1.54) is 32.1 Å². The van der Waals surface area contributed by atoms with Crippen LogP contribution in [0.3, 0.4) is 0 Å². The van der Waals surface area contributed by atoms with Crippen molar-refractivity contribution in [2.45, 2.75) is 77.9 Å². The quantitative estimate of drug-likeness (QED) is 0.798. The highest BCUT2D eigenvalue weighted by atomic mass is 15.2. The van der Waals surface area contributed by atoms with E-state index >= 15 is 0 Å². The van der Waals surface area contributed by atoms with Crippen molar-refractivity contribution in [2.75, 3.05) is 7.05 Å². The van der Waals surface area contributed by atoms with Crippen LogP contribution in [0.25, 0.3) is 0 Å². The van der Waals surface area contributed by atoms with Crippen LogP contribution in [0, 0.1) is 5.41 Å². The molecule has 2 unspecified atom stereocenters. The van der Waals surface area contributed by atoms with Gasteiger partial charge in [-0.15, -0.1) is 0 Å². The molecule has 0 spiro atoms. The summed E-state index contributed by atoms with van der Waals surface area (Å²) in [5.41, 5.74) is 6.77. The molecule has 0 amide bonds. The van der Waals surface area contributed by atoms with Gasteiger partial charge in [0.25, 0.3) is 0 Å². The summed E-state index contributed by atoms with van der Waals surface area (Å²) in [4.78, 5) is 2.55. The summed E-state index contributed by atoms with van der Waals surface area (Å²) in [7, 11) is 2.27. The van der Waals surface area contributed by atoms with Gasteiger partial charge in [0.2, 0.25) is 0 Å². The van der Waals surface area contributed by atoms with Crippen LogP contribution in [0.1, 0.15) is 59.8 Å². The van der Waals surface area contributed by atoms with Gasteiger partial charge in [0.05, 0.1) is 0 Å². The molecule has 1 saturated carbocycles. The maximum absolute atomic E-state index is 6.46. The Hall–Kier alpha value is -0.0800. The van der Waals surface area contributed by atoms with Crippen molar-refractivity contribution in [1.82, 2.24) is 4.90 Å². The first-order valence-electron chi connectivity index (χ1n) is 6.91. The maximum Gasteiger partial charge on any atom is 0.0252 e. The lowest BCUT2D eigenvalue weighted by Gasteiger charge is -2.47. The molecular weight excluding hydrogens is 196 g/mol. The Morgan fingerprint density at radius 1 is 1.31 bits per heavy atom. The smallest absolute Gasteiger partial charge is 0.0252 e. The van der Waals surface area contributed by atoms with E-state index in [0.717, 1.165) is 0 Å². The standard InChI is InChI=1S/C14H30N2/c1-6-11(7-2)16(5)12-9-8-10-14(3,4)13(12)15/h11-13H,6-10,15H2,1-5H3. The lowest BCUT2D eigenvalue weighted by Crippen LogP contribution is -2.57. The third-order valence-electron chi connectivity index (χ3n) is 4.68. The Morgan fingerprint density at radius 2 is 1.88 bits per heavy atom. The summed E-state index contributed by atoms with van der Waals surface area (Å²) in [5, 5.41) is 0. The second-order valence-electron chi connectivity index (χ2n) is 6.11. The zero-order chi connectivity index (χ0) is 12.3. The van der Waals surface area contributed by atoms with Gasteiger partial charge >= 0.3 is 0 Å². The molecular formula is C14H30N2. The maximum atomic E-state index is 6.46. The number of rotatable bonds is 4. The van der Waals surface area contributed by atoms with Crippen molar-refractivity contribution in [3.63, 3.8) is 0 Å². The molecule has 0 aliphatic heterocycles. The third-order valence-corrected chi connectivity index (χ3v) is 4.68. The highest BCUT2D eigenvalue weighted by Crippen LogP contribution is 2.37. The lowest BCUT2D eigenvalue weighted by atomic mass is 9.70. The van der Waals surface area contributed by atoms with E-state index in [0.29, 0.717) is 23.5 Å². The number of nitrogens with zero attached hydrogens (tertiary/aromatic N) is 1. The van der Waals surface area contributed by atoms with E-state index in [4.69, 9.17) is 5.73 Å². The summed E-state index contributed by atoms with van der Waals surface area (Å²) in [6, 6.07) is 1.60. The van der Waals surface area contributed by atoms with E-state index < -0.39 is 0 Å². The molecule has 0 saturated heterocycles. The minimum atomic E-state index is 0.309. The largest absolute Gasteiger partial charge is 0.326 e. The van der Waals surface area contributed by atoms with Gasteiger partial charge in [-0.3, -0.25) is 4.90 Å². The molecule has 2 N–H and O–H groups in total. The van der Waals surface area contributed by atoms with Gasteiger partial charge in [0, 0.05) is 18.1 Å². The van der Waals surface area contributed by atoms with Crippen LogP contribution in [0.4, 0.5) is 0 Å². The van der Waals surface area contributed by atoms with E-state index in [-0.39, 0.29) is 0 Å². The van der Waals surface area contributed by atoms with Crippen molar-refractivity contribution in [3.05, 3.63) is 0 Å². The minimum absolute atomic E-state index is 0.309. The van der Waals surface area contributed by atoms with Crippen molar-refractivity contribution in [3.8, 4) is 0 Å². The molecule has 0 bridgehead atoms. The van der Waals surface area contributed by atoms with Crippen molar-refractivity contribution >= 4 is 0 Å². The molecule has 0 aromatic carbocycles. The van der Waals surface area contributed by atoms with Gasteiger partial charge in [-0.2, -0.15) is 0 Å². The van der Waals surface area contributed by atoms with Gasteiger partial charge < -0.3 is 5.73 Å². The van der Waals surface area contributed by atoms with E-state index in [1.54, 1.807) is 0 Å². The Labute approximate surface area is 102 Å². The van der Waals surface area contributed by atoms with Crippen LogP contribution >= 0.6 is 0 Å². The Bertz CT molecular complexity index is 209. The van der Waals surface area contributed by atoms with Crippen LogP contribution in [0.5, 0.6) is 0 Å². The highest BCUT2D eigenvalue weighted by molar-refractivity contribution is 4.96. The fraction of sp³-hybridized carbons (Fsp3) is 1.00. The Kier molecular flexibility index (Phi) is 4.81. The van der Waals surface area contributed by atoms with E-state index in [2.05, 4.69) is 39.6 Å². The van der Waals surface area contributed by atoms with E-state index in [9.17, 15) is 0 Å². The molecule has 1 rings (SSSR count). The number of hydrogen-bond acceptors (Lipinski definition) is 2. The van der Waals surface area contributed by atoms with Crippen molar-refractivity contribution in [1.29, 1.82) is 0 Å². The predicted molar refractivity (Wildman–Crippen MR) is 71.5 cm³/mol. The summed E-state index contributed by atoms with van der Waals surface area (Å²) in [6.45, 7) is 9.21. The van der Waals surface area contributed by atoms with Gasteiger partial charge in [0.15, 0.2) is 0 Å². The SMILES string of the molecule is CCC(CC)N(C)C1CCCC(C)(C)C1N. The van der Waals surface area contributed by atoms with Crippen LogP contribution < -0.4 is 5.73 Å². The molecule has 2 nitrogen and oxygen atoms in total. The molecule has 0 heterocycles. The van der Waals surface area contributed by atoms with Gasteiger partial charge in [-0.25, -0.2) is 0 Å².